The number of carbonyl (C=O) groups is 4. The van der Waals surface area contributed by atoms with E-state index in [4.69, 9.17) is 0 Å². The number of carbonyl (C=O) groups excluding carboxylic acids is 4. The fraction of sp³-hybridized carbons (Fsp3) is 0.333. The van der Waals surface area contributed by atoms with Gasteiger partial charge in [-0.15, -0.1) is 0 Å². The maximum Gasteiger partial charge on any atom is 0.239 e. The van der Waals surface area contributed by atoms with Crippen LogP contribution in [0.1, 0.15) is 0 Å². The number of pyridine rings is 2. The van der Waals surface area contributed by atoms with Crippen molar-refractivity contribution in [3.05, 3.63) is 60.9 Å². The third kappa shape index (κ3) is 1.94. The van der Waals surface area contributed by atoms with Crippen LogP contribution in [0.2, 0.25) is 0 Å². The van der Waals surface area contributed by atoms with E-state index in [-0.39, 0.29) is 47.3 Å². The summed E-state index contributed by atoms with van der Waals surface area (Å²) in [5.41, 5.74) is 0. The molecule has 4 aliphatic carbocycles. The van der Waals surface area contributed by atoms with Gasteiger partial charge in [-0.1, -0.05) is 24.3 Å². The normalized spacial score (nSPS) is 38.6. The summed E-state index contributed by atoms with van der Waals surface area (Å²) in [5.74, 6) is -2.93. The van der Waals surface area contributed by atoms with Crippen LogP contribution in [0.4, 0.5) is 11.6 Å². The van der Waals surface area contributed by atoms with E-state index in [0.29, 0.717) is 11.6 Å². The lowest BCUT2D eigenvalue weighted by atomic mass is 9.40. The quantitative estimate of drug-likeness (QED) is 0.532. The minimum Gasteiger partial charge on any atom is -0.274 e. The van der Waals surface area contributed by atoms with Gasteiger partial charge >= 0.3 is 0 Å². The first-order valence-corrected chi connectivity index (χ1v) is 10.9. The average Bonchev–Trinajstić information content (AvgIpc) is 3.19. The molecule has 8 unspecified atom stereocenters. The summed E-state index contributed by atoms with van der Waals surface area (Å²) in [4.78, 5) is 64.2. The van der Waals surface area contributed by atoms with Gasteiger partial charge in [0.15, 0.2) is 0 Å². The number of nitrogens with zero attached hydrogens (tertiary/aromatic N) is 4. The van der Waals surface area contributed by atoms with Crippen molar-refractivity contribution in [3.8, 4) is 0 Å². The van der Waals surface area contributed by atoms with E-state index in [1.807, 2.05) is 12.2 Å². The first-order chi connectivity index (χ1) is 15.6. The molecule has 4 amide bonds. The SMILES string of the molecule is O=C1C2C3C=CC(C2C(=O)N1c1ccccn1)C1C2C(=O)N(c4ccccn4)C(=O)C2C31. The summed E-state index contributed by atoms with van der Waals surface area (Å²) >= 11 is 0. The van der Waals surface area contributed by atoms with Gasteiger partial charge in [-0.3, -0.25) is 19.2 Å². The first-order valence-electron chi connectivity index (χ1n) is 10.9. The zero-order valence-electron chi connectivity index (χ0n) is 16.8. The molecule has 0 N–H and O–H groups in total. The molecule has 2 bridgehead atoms. The third-order valence-corrected chi connectivity index (χ3v) is 8.10. The zero-order chi connectivity index (χ0) is 21.7. The number of imide groups is 2. The molecule has 2 saturated carbocycles. The molecule has 4 heterocycles. The number of aromatic nitrogens is 2. The predicted octanol–water partition coefficient (Wildman–Crippen LogP) is 1.45. The van der Waals surface area contributed by atoms with Crippen LogP contribution in [-0.2, 0) is 19.2 Å². The zero-order valence-corrected chi connectivity index (χ0v) is 16.8. The molecule has 0 radical (unpaired) electrons. The Morgan fingerprint density at radius 1 is 0.562 bits per heavy atom. The van der Waals surface area contributed by atoms with Crippen LogP contribution < -0.4 is 9.80 Å². The molecule has 0 aromatic carbocycles. The second-order valence-corrected chi connectivity index (χ2v) is 9.20. The van der Waals surface area contributed by atoms with Crippen LogP contribution in [0.5, 0.6) is 0 Å². The lowest BCUT2D eigenvalue weighted by molar-refractivity contribution is -0.166. The number of hydrogen-bond acceptors (Lipinski definition) is 6. The molecule has 8 rings (SSSR count). The molecular formula is C24H18N4O4. The van der Waals surface area contributed by atoms with Crippen molar-refractivity contribution < 1.29 is 19.2 Å². The molecule has 8 nitrogen and oxygen atoms in total. The van der Waals surface area contributed by atoms with E-state index >= 15 is 0 Å². The summed E-state index contributed by atoms with van der Waals surface area (Å²) in [5, 5.41) is 0. The molecular weight excluding hydrogens is 408 g/mol. The summed E-state index contributed by atoms with van der Waals surface area (Å²) in [6, 6.07) is 10.3. The van der Waals surface area contributed by atoms with Crippen LogP contribution in [0.15, 0.2) is 60.9 Å². The lowest BCUT2D eigenvalue weighted by Gasteiger charge is -2.60. The number of amides is 4. The molecule has 6 aliphatic rings. The Kier molecular flexibility index (Phi) is 3.35. The highest BCUT2D eigenvalue weighted by Gasteiger charge is 2.75. The van der Waals surface area contributed by atoms with E-state index in [2.05, 4.69) is 9.97 Å². The van der Waals surface area contributed by atoms with Crippen LogP contribution in [-0.4, -0.2) is 33.6 Å². The van der Waals surface area contributed by atoms with E-state index in [1.165, 1.54) is 9.80 Å². The maximum absolute atomic E-state index is 13.4. The van der Waals surface area contributed by atoms with Gasteiger partial charge in [0.25, 0.3) is 0 Å². The minimum atomic E-state index is -0.506. The van der Waals surface area contributed by atoms with Crippen LogP contribution in [0, 0.1) is 47.3 Å². The fourth-order valence-corrected chi connectivity index (χ4v) is 7.02. The van der Waals surface area contributed by atoms with Crippen molar-refractivity contribution in [1.29, 1.82) is 0 Å². The van der Waals surface area contributed by atoms with Crippen molar-refractivity contribution in [2.75, 3.05) is 9.80 Å². The minimum absolute atomic E-state index is 0.109. The number of rotatable bonds is 2. The molecule has 2 aromatic rings. The van der Waals surface area contributed by atoms with Gasteiger partial charge in [0.2, 0.25) is 23.6 Å². The van der Waals surface area contributed by atoms with Crippen molar-refractivity contribution in [2.45, 2.75) is 0 Å². The second kappa shape index (κ2) is 5.97. The average molecular weight is 426 g/mol. The molecule has 0 spiro atoms. The molecule has 158 valence electrons. The molecule has 2 aliphatic heterocycles. The van der Waals surface area contributed by atoms with E-state index < -0.39 is 23.7 Å². The van der Waals surface area contributed by atoms with Gasteiger partial charge < -0.3 is 0 Å². The predicted molar refractivity (Wildman–Crippen MR) is 111 cm³/mol. The molecule has 2 aromatic heterocycles. The molecule has 2 saturated heterocycles. The van der Waals surface area contributed by atoms with Gasteiger partial charge in [0, 0.05) is 12.4 Å². The summed E-state index contributed by atoms with van der Waals surface area (Å²) < 4.78 is 0. The highest BCUT2D eigenvalue weighted by Crippen LogP contribution is 2.68. The second-order valence-electron chi connectivity index (χ2n) is 9.20. The highest BCUT2D eigenvalue weighted by molar-refractivity contribution is 6.24. The molecule has 8 atom stereocenters. The third-order valence-electron chi connectivity index (χ3n) is 8.10. The number of allylic oxidation sites excluding steroid dienone is 2. The van der Waals surface area contributed by atoms with E-state index in [0.717, 1.165) is 0 Å². The van der Waals surface area contributed by atoms with Crippen molar-refractivity contribution in [3.63, 3.8) is 0 Å². The van der Waals surface area contributed by atoms with Crippen LogP contribution >= 0.6 is 0 Å². The largest absolute Gasteiger partial charge is 0.274 e. The topological polar surface area (TPSA) is 101 Å². The van der Waals surface area contributed by atoms with Gasteiger partial charge in [-0.05, 0) is 47.9 Å². The van der Waals surface area contributed by atoms with Crippen LogP contribution in [0.25, 0.3) is 0 Å². The Morgan fingerprint density at radius 3 is 1.34 bits per heavy atom. The molecule has 32 heavy (non-hydrogen) atoms. The molecule has 8 heteroatoms. The lowest BCUT2D eigenvalue weighted by Crippen LogP contribution is -2.63. The van der Waals surface area contributed by atoms with Gasteiger partial charge in [-0.2, -0.15) is 0 Å². The maximum atomic E-state index is 13.4. The van der Waals surface area contributed by atoms with Gasteiger partial charge in [-0.25, -0.2) is 19.8 Å². The number of hydrogen-bond donors (Lipinski definition) is 0. The van der Waals surface area contributed by atoms with Gasteiger partial charge in [0.1, 0.15) is 11.6 Å². The van der Waals surface area contributed by atoms with Crippen molar-refractivity contribution in [2.24, 2.45) is 47.3 Å². The Bertz CT molecular complexity index is 1170. The summed E-state index contributed by atoms with van der Waals surface area (Å²) in [7, 11) is 0. The summed E-state index contributed by atoms with van der Waals surface area (Å²) in [6.45, 7) is 0. The Balaban J connectivity index is 1.27. The van der Waals surface area contributed by atoms with E-state index in [1.54, 1.807) is 48.8 Å². The standard InChI is InChI=1S/C24H18N4O4/c29-21-17-11-7-8-12(18(17)22(30)27(21)13-5-1-3-9-25-13)16-15(11)19-20(16)24(32)28(23(19)31)14-6-2-4-10-26-14/h1-12,15-20H. The first kappa shape index (κ1) is 17.9. The Hall–Kier alpha value is -3.68. The number of fused-ring (bicyclic) bond motifs is 1. The molecule has 4 fully saturated rings. The summed E-state index contributed by atoms with van der Waals surface area (Å²) in [6.07, 6.45) is 7.11. The fourth-order valence-electron chi connectivity index (χ4n) is 7.02. The van der Waals surface area contributed by atoms with Gasteiger partial charge in [0.05, 0.1) is 23.7 Å². The van der Waals surface area contributed by atoms with Crippen LogP contribution in [0.3, 0.4) is 0 Å². The monoisotopic (exact) mass is 426 g/mol. The Morgan fingerprint density at radius 2 is 0.969 bits per heavy atom. The highest BCUT2D eigenvalue weighted by atomic mass is 16.2. The van der Waals surface area contributed by atoms with Crippen molar-refractivity contribution in [1.82, 2.24) is 9.97 Å². The van der Waals surface area contributed by atoms with Crippen molar-refractivity contribution >= 4 is 35.3 Å². The Labute approximate surface area is 182 Å². The van der Waals surface area contributed by atoms with E-state index in [9.17, 15) is 19.2 Å². The smallest absolute Gasteiger partial charge is 0.239 e. The number of anilines is 2.